The normalized spacial score (nSPS) is 13.7. The van der Waals surface area contributed by atoms with Gasteiger partial charge in [0.25, 0.3) is 5.91 Å². The Balaban J connectivity index is 1.61. The largest absolute Gasteiger partial charge is 0.484 e. The average Bonchev–Trinajstić information content (AvgIpc) is 3.39. The van der Waals surface area contributed by atoms with Crippen molar-refractivity contribution in [2.75, 3.05) is 6.61 Å². The maximum Gasteiger partial charge on any atom is 0.261 e. The van der Waals surface area contributed by atoms with Crippen LogP contribution < -0.4 is 4.74 Å². The second-order valence-corrected chi connectivity index (χ2v) is 6.22. The van der Waals surface area contributed by atoms with Gasteiger partial charge in [-0.05, 0) is 61.2 Å². The lowest BCUT2D eigenvalue weighted by Crippen LogP contribution is -2.36. The number of carbonyl (C=O) groups is 1. The Labute approximate surface area is 141 Å². The van der Waals surface area contributed by atoms with Crippen LogP contribution in [-0.2, 0) is 11.3 Å². The van der Waals surface area contributed by atoms with Crippen LogP contribution in [0.3, 0.4) is 0 Å². The molecule has 3 rings (SSSR count). The van der Waals surface area contributed by atoms with Gasteiger partial charge in [-0.25, -0.2) is 0 Å². The molecular weight excluding hydrogens is 312 g/mol. The van der Waals surface area contributed by atoms with E-state index in [1.54, 1.807) is 24.5 Å². The zero-order chi connectivity index (χ0) is 16.2. The van der Waals surface area contributed by atoms with E-state index in [-0.39, 0.29) is 12.5 Å². The maximum absolute atomic E-state index is 12.5. The molecule has 0 spiro atoms. The van der Waals surface area contributed by atoms with Crippen LogP contribution in [0.15, 0.2) is 42.7 Å². The van der Waals surface area contributed by atoms with Gasteiger partial charge in [0, 0.05) is 30.0 Å². The average molecular weight is 331 g/mol. The van der Waals surface area contributed by atoms with Gasteiger partial charge in [-0.15, -0.1) is 0 Å². The summed E-state index contributed by atoms with van der Waals surface area (Å²) in [4.78, 5) is 18.4. The van der Waals surface area contributed by atoms with Gasteiger partial charge in [-0.1, -0.05) is 11.6 Å². The molecule has 0 bridgehead atoms. The fraction of sp³-hybridized carbons (Fsp3) is 0.333. The lowest BCUT2D eigenvalue weighted by atomic mass is 10.2. The summed E-state index contributed by atoms with van der Waals surface area (Å²) in [6, 6.07) is 9.63. The van der Waals surface area contributed by atoms with E-state index < -0.39 is 0 Å². The van der Waals surface area contributed by atoms with Crippen LogP contribution in [0, 0.1) is 6.92 Å². The van der Waals surface area contributed by atoms with Gasteiger partial charge in [0.2, 0.25) is 0 Å². The predicted octanol–water partition coefficient (Wildman–Crippen LogP) is 3.61. The van der Waals surface area contributed by atoms with Crippen molar-refractivity contribution < 1.29 is 9.53 Å². The van der Waals surface area contributed by atoms with E-state index in [4.69, 9.17) is 16.3 Å². The molecule has 0 saturated heterocycles. The Morgan fingerprint density at radius 1 is 1.30 bits per heavy atom. The summed E-state index contributed by atoms with van der Waals surface area (Å²) in [7, 11) is 0. The first kappa shape index (κ1) is 15.8. The lowest BCUT2D eigenvalue weighted by molar-refractivity contribution is -0.134. The third kappa shape index (κ3) is 4.23. The quantitative estimate of drug-likeness (QED) is 0.812. The van der Waals surface area contributed by atoms with Crippen LogP contribution in [0.4, 0.5) is 0 Å². The fourth-order valence-electron chi connectivity index (χ4n) is 2.43. The van der Waals surface area contributed by atoms with Crippen molar-refractivity contribution in [1.29, 1.82) is 0 Å². The van der Waals surface area contributed by atoms with E-state index in [1.165, 1.54) is 0 Å². The van der Waals surface area contributed by atoms with Gasteiger partial charge >= 0.3 is 0 Å². The molecule has 1 aliphatic carbocycles. The minimum Gasteiger partial charge on any atom is -0.484 e. The molecule has 0 aliphatic heterocycles. The molecule has 0 radical (unpaired) electrons. The molecule has 1 aromatic heterocycles. The third-order valence-electron chi connectivity index (χ3n) is 3.90. The maximum atomic E-state index is 12.5. The van der Waals surface area contributed by atoms with Gasteiger partial charge < -0.3 is 9.64 Å². The van der Waals surface area contributed by atoms with Crippen LogP contribution in [0.2, 0.25) is 5.02 Å². The molecule has 1 saturated carbocycles. The summed E-state index contributed by atoms with van der Waals surface area (Å²) in [5.41, 5.74) is 2.02. The third-order valence-corrected chi connectivity index (χ3v) is 4.33. The SMILES string of the molecule is Cc1cc(OCC(=O)N(Cc2ccncc2)C2CC2)ccc1Cl. The number of aromatic nitrogens is 1. The van der Waals surface area contributed by atoms with Crippen molar-refractivity contribution in [3.8, 4) is 5.75 Å². The standard InChI is InChI=1S/C18H19ClN2O2/c1-13-10-16(4-5-17(13)19)23-12-18(22)21(15-2-3-15)11-14-6-8-20-9-7-14/h4-10,15H,2-3,11-12H2,1H3. The molecular formula is C18H19ClN2O2. The second-order valence-electron chi connectivity index (χ2n) is 5.81. The number of carbonyl (C=O) groups excluding carboxylic acids is 1. The Kier molecular flexibility index (Phi) is 4.82. The zero-order valence-corrected chi connectivity index (χ0v) is 13.8. The van der Waals surface area contributed by atoms with Gasteiger partial charge in [-0.3, -0.25) is 9.78 Å². The second kappa shape index (κ2) is 7.01. The lowest BCUT2D eigenvalue weighted by Gasteiger charge is -2.22. The number of pyridine rings is 1. The van der Waals surface area contributed by atoms with Crippen LogP contribution >= 0.6 is 11.6 Å². The zero-order valence-electron chi connectivity index (χ0n) is 13.0. The van der Waals surface area contributed by atoms with Crippen LogP contribution in [0.5, 0.6) is 5.75 Å². The van der Waals surface area contributed by atoms with E-state index in [1.807, 2.05) is 30.0 Å². The molecule has 0 N–H and O–H groups in total. The molecule has 1 heterocycles. The Hall–Kier alpha value is -2.07. The van der Waals surface area contributed by atoms with E-state index in [2.05, 4.69) is 4.98 Å². The number of nitrogens with zero attached hydrogens (tertiary/aromatic N) is 2. The predicted molar refractivity (Wildman–Crippen MR) is 89.5 cm³/mol. The van der Waals surface area contributed by atoms with Crippen molar-refractivity contribution in [2.45, 2.75) is 32.4 Å². The molecule has 120 valence electrons. The van der Waals surface area contributed by atoms with Crippen LogP contribution in [0.25, 0.3) is 0 Å². The van der Waals surface area contributed by atoms with Gasteiger partial charge in [0.05, 0.1) is 0 Å². The highest BCUT2D eigenvalue weighted by atomic mass is 35.5. The number of aryl methyl sites for hydroxylation is 1. The first-order valence-corrected chi connectivity index (χ1v) is 8.08. The molecule has 4 nitrogen and oxygen atoms in total. The summed E-state index contributed by atoms with van der Waals surface area (Å²) in [6.07, 6.45) is 5.63. The van der Waals surface area contributed by atoms with Gasteiger partial charge in [0.1, 0.15) is 5.75 Å². The highest BCUT2D eigenvalue weighted by Gasteiger charge is 2.32. The van der Waals surface area contributed by atoms with E-state index in [0.717, 1.165) is 24.0 Å². The van der Waals surface area contributed by atoms with Crippen molar-refractivity contribution in [1.82, 2.24) is 9.88 Å². The number of hydrogen-bond donors (Lipinski definition) is 0. The smallest absolute Gasteiger partial charge is 0.261 e. The van der Waals surface area contributed by atoms with Gasteiger partial charge in [0.15, 0.2) is 6.61 Å². The van der Waals surface area contributed by atoms with Gasteiger partial charge in [-0.2, -0.15) is 0 Å². The summed E-state index contributed by atoms with van der Waals surface area (Å²) in [5.74, 6) is 0.678. The summed E-state index contributed by atoms with van der Waals surface area (Å²) >= 11 is 6.00. The molecule has 1 fully saturated rings. The summed E-state index contributed by atoms with van der Waals surface area (Å²) in [5, 5.41) is 0.695. The topological polar surface area (TPSA) is 42.4 Å². The van der Waals surface area contributed by atoms with Crippen LogP contribution in [0.1, 0.15) is 24.0 Å². The molecule has 1 aromatic carbocycles. The monoisotopic (exact) mass is 330 g/mol. The number of hydrogen-bond acceptors (Lipinski definition) is 3. The summed E-state index contributed by atoms with van der Waals surface area (Å²) < 4.78 is 5.64. The highest BCUT2D eigenvalue weighted by molar-refractivity contribution is 6.31. The van der Waals surface area contributed by atoms with E-state index >= 15 is 0 Å². The van der Waals surface area contributed by atoms with Crippen LogP contribution in [-0.4, -0.2) is 28.4 Å². The molecule has 1 aliphatic rings. The molecule has 0 unspecified atom stereocenters. The minimum atomic E-state index is 0.0110. The number of rotatable bonds is 6. The summed E-state index contributed by atoms with van der Waals surface area (Å²) in [6.45, 7) is 2.56. The first-order valence-electron chi connectivity index (χ1n) is 7.71. The molecule has 2 aromatic rings. The minimum absolute atomic E-state index is 0.0110. The number of halogens is 1. The fourth-order valence-corrected chi connectivity index (χ4v) is 2.54. The van der Waals surface area contributed by atoms with Crippen molar-refractivity contribution in [3.63, 3.8) is 0 Å². The number of amides is 1. The number of benzene rings is 1. The van der Waals surface area contributed by atoms with Crippen molar-refractivity contribution >= 4 is 17.5 Å². The van der Waals surface area contributed by atoms with E-state index in [9.17, 15) is 4.79 Å². The Morgan fingerprint density at radius 3 is 2.70 bits per heavy atom. The molecule has 0 atom stereocenters. The van der Waals surface area contributed by atoms with Crippen molar-refractivity contribution in [2.24, 2.45) is 0 Å². The van der Waals surface area contributed by atoms with E-state index in [0.29, 0.717) is 23.4 Å². The highest BCUT2D eigenvalue weighted by Crippen LogP contribution is 2.28. The Morgan fingerprint density at radius 2 is 2.04 bits per heavy atom. The van der Waals surface area contributed by atoms with Crippen molar-refractivity contribution in [3.05, 3.63) is 58.9 Å². The Bertz CT molecular complexity index is 687. The molecule has 1 amide bonds. The first-order chi connectivity index (χ1) is 11.1. The number of ether oxygens (including phenoxy) is 1. The molecule has 5 heteroatoms. The molecule has 23 heavy (non-hydrogen) atoms.